The number of amides is 2. The lowest BCUT2D eigenvalue weighted by molar-refractivity contribution is -0.115. The molecule has 0 spiro atoms. The molecule has 6 nitrogen and oxygen atoms in total. The van der Waals surface area contributed by atoms with Crippen LogP contribution in [-0.2, 0) is 4.79 Å². The van der Waals surface area contributed by atoms with E-state index in [1.54, 1.807) is 12.1 Å². The molecule has 0 radical (unpaired) electrons. The lowest BCUT2D eigenvalue weighted by atomic mass is 10.1. The van der Waals surface area contributed by atoms with Gasteiger partial charge in [0.25, 0.3) is 5.91 Å². The second-order valence-electron chi connectivity index (χ2n) is 6.34. The van der Waals surface area contributed by atoms with E-state index in [4.69, 9.17) is 9.47 Å². The van der Waals surface area contributed by atoms with Crippen molar-refractivity contribution < 1.29 is 19.1 Å². The second-order valence-corrected chi connectivity index (χ2v) is 7.19. The number of hydrogen-bond acceptors (Lipinski definition) is 4. The van der Waals surface area contributed by atoms with Crippen LogP contribution in [0.5, 0.6) is 11.5 Å². The Morgan fingerprint density at radius 3 is 2.43 bits per heavy atom. The number of carbonyl (C=O) groups excluding carboxylic acids is 2. The van der Waals surface area contributed by atoms with Gasteiger partial charge in [-0.3, -0.25) is 9.59 Å². The predicted molar refractivity (Wildman–Crippen MR) is 113 cm³/mol. The number of hydrogen-bond donors (Lipinski definition) is 2. The molecule has 0 aliphatic carbocycles. The van der Waals surface area contributed by atoms with Crippen LogP contribution >= 0.6 is 15.9 Å². The number of carbonyl (C=O) groups is 2. The number of ether oxygens (including phenoxy) is 2. The molecule has 0 unspecified atom stereocenters. The van der Waals surface area contributed by atoms with Gasteiger partial charge >= 0.3 is 0 Å². The Bertz CT molecular complexity index is 847. The van der Waals surface area contributed by atoms with Gasteiger partial charge in [0.2, 0.25) is 5.91 Å². The number of methoxy groups -OCH3 is 1. The maximum absolute atomic E-state index is 12.5. The van der Waals surface area contributed by atoms with E-state index in [-0.39, 0.29) is 18.4 Å². The van der Waals surface area contributed by atoms with Gasteiger partial charge in [-0.2, -0.15) is 0 Å². The van der Waals surface area contributed by atoms with Crippen molar-refractivity contribution in [1.82, 2.24) is 5.32 Å². The first-order valence-corrected chi connectivity index (χ1v) is 9.81. The first-order valence-electron chi connectivity index (χ1n) is 9.02. The first kappa shape index (κ1) is 21.8. The summed E-state index contributed by atoms with van der Waals surface area (Å²) in [7, 11) is 1.51. The molecule has 0 aliphatic rings. The van der Waals surface area contributed by atoms with Gasteiger partial charge in [0.15, 0.2) is 11.5 Å². The maximum Gasteiger partial charge on any atom is 0.251 e. The summed E-state index contributed by atoms with van der Waals surface area (Å²) in [6.45, 7) is 6.26. The number of anilines is 1. The van der Waals surface area contributed by atoms with Gasteiger partial charge in [0.1, 0.15) is 0 Å². The molecule has 0 heterocycles. The Kier molecular flexibility index (Phi) is 7.87. The summed E-state index contributed by atoms with van der Waals surface area (Å²) in [5.74, 6) is 0.332. The molecular weight excluding hydrogens is 424 g/mol. The van der Waals surface area contributed by atoms with Crippen molar-refractivity contribution in [2.75, 3.05) is 25.6 Å². The van der Waals surface area contributed by atoms with Crippen molar-refractivity contribution in [2.24, 2.45) is 0 Å². The highest BCUT2D eigenvalue weighted by Crippen LogP contribution is 2.36. The molecule has 150 valence electrons. The van der Waals surface area contributed by atoms with Gasteiger partial charge in [-0.1, -0.05) is 25.1 Å². The molecule has 2 rings (SSSR count). The van der Waals surface area contributed by atoms with Crippen LogP contribution in [0.15, 0.2) is 34.8 Å². The third kappa shape index (κ3) is 5.48. The van der Waals surface area contributed by atoms with Crippen LogP contribution in [0, 0.1) is 13.8 Å². The smallest absolute Gasteiger partial charge is 0.251 e. The minimum atomic E-state index is -0.377. The summed E-state index contributed by atoms with van der Waals surface area (Å²) in [6.07, 6.45) is 0.854. The van der Waals surface area contributed by atoms with Crippen LogP contribution in [0.3, 0.4) is 0 Å². The first-order chi connectivity index (χ1) is 13.4. The van der Waals surface area contributed by atoms with Gasteiger partial charge in [0.05, 0.1) is 24.7 Å². The third-order valence-electron chi connectivity index (χ3n) is 4.10. The fourth-order valence-electron chi connectivity index (χ4n) is 2.65. The van der Waals surface area contributed by atoms with E-state index in [0.29, 0.717) is 28.1 Å². The number of nitrogens with one attached hydrogen (secondary N) is 2. The van der Waals surface area contributed by atoms with Crippen LogP contribution in [-0.4, -0.2) is 32.1 Å². The fraction of sp³-hybridized carbons (Fsp3) is 0.333. The van der Waals surface area contributed by atoms with E-state index in [9.17, 15) is 9.59 Å². The molecule has 28 heavy (non-hydrogen) atoms. The zero-order valence-electron chi connectivity index (χ0n) is 16.5. The number of rotatable bonds is 8. The molecule has 2 N–H and O–H groups in total. The molecule has 0 aromatic heterocycles. The van der Waals surface area contributed by atoms with Crippen molar-refractivity contribution in [3.8, 4) is 11.5 Å². The van der Waals surface area contributed by atoms with Crippen molar-refractivity contribution in [1.29, 1.82) is 0 Å². The monoisotopic (exact) mass is 448 g/mol. The molecule has 0 atom stereocenters. The van der Waals surface area contributed by atoms with E-state index >= 15 is 0 Å². The average Bonchev–Trinajstić information content (AvgIpc) is 2.67. The van der Waals surface area contributed by atoms with Crippen LogP contribution in [0.25, 0.3) is 0 Å². The van der Waals surface area contributed by atoms with E-state index in [0.717, 1.165) is 23.2 Å². The van der Waals surface area contributed by atoms with E-state index in [1.807, 2.05) is 39.0 Å². The molecule has 2 amide bonds. The minimum Gasteiger partial charge on any atom is -0.493 e. The molecule has 2 aromatic carbocycles. The van der Waals surface area contributed by atoms with E-state index in [1.165, 1.54) is 7.11 Å². The number of benzene rings is 2. The quantitative estimate of drug-likeness (QED) is 0.633. The normalized spacial score (nSPS) is 10.3. The standard InChI is InChI=1S/C21H25BrN2O4/c1-5-9-28-20-16(22)10-15(11-17(20)27-4)21(26)23-12-18(25)24-19-13(2)7-6-8-14(19)3/h6-8,10-11H,5,9,12H2,1-4H3,(H,23,26)(H,24,25). The summed E-state index contributed by atoms with van der Waals surface area (Å²) in [4.78, 5) is 24.7. The van der Waals surface area contributed by atoms with E-state index in [2.05, 4.69) is 26.6 Å². The van der Waals surface area contributed by atoms with Crippen LogP contribution in [0.4, 0.5) is 5.69 Å². The van der Waals surface area contributed by atoms with Crippen molar-refractivity contribution in [3.63, 3.8) is 0 Å². The summed E-state index contributed by atoms with van der Waals surface area (Å²) in [5.41, 5.74) is 3.07. The lowest BCUT2D eigenvalue weighted by Crippen LogP contribution is -2.33. The number of para-hydroxylation sites is 1. The molecule has 7 heteroatoms. The summed E-state index contributed by atoms with van der Waals surface area (Å²) in [5, 5.41) is 5.47. The Morgan fingerprint density at radius 1 is 1.14 bits per heavy atom. The third-order valence-corrected chi connectivity index (χ3v) is 4.69. The Hall–Kier alpha value is -2.54. The second kappa shape index (κ2) is 10.1. The molecule has 0 saturated heterocycles. The van der Waals surface area contributed by atoms with Crippen LogP contribution < -0.4 is 20.1 Å². The molecule has 0 bridgehead atoms. The summed E-state index contributed by atoms with van der Waals surface area (Å²) < 4.78 is 11.6. The lowest BCUT2D eigenvalue weighted by Gasteiger charge is -2.14. The van der Waals surface area contributed by atoms with Gasteiger partial charge in [-0.25, -0.2) is 0 Å². The molecule has 0 aliphatic heterocycles. The highest BCUT2D eigenvalue weighted by molar-refractivity contribution is 9.10. The van der Waals surface area contributed by atoms with Gasteiger partial charge in [-0.15, -0.1) is 0 Å². The molecule has 0 fully saturated rings. The number of aryl methyl sites for hydroxylation is 2. The zero-order chi connectivity index (χ0) is 20.7. The summed E-state index contributed by atoms with van der Waals surface area (Å²) in [6, 6.07) is 9.02. The minimum absolute atomic E-state index is 0.138. The predicted octanol–water partition coefficient (Wildman–Crippen LogP) is 4.23. The van der Waals surface area contributed by atoms with Crippen molar-refractivity contribution in [2.45, 2.75) is 27.2 Å². The van der Waals surface area contributed by atoms with Crippen LogP contribution in [0.2, 0.25) is 0 Å². The van der Waals surface area contributed by atoms with Crippen LogP contribution in [0.1, 0.15) is 34.8 Å². The fourth-order valence-corrected chi connectivity index (χ4v) is 3.21. The largest absolute Gasteiger partial charge is 0.493 e. The Balaban J connectivity index is 2.04. The maximum atomic E-state index is 12.5. The molecule has 2 aromatic rings. The van der Waals surface area contributed by atoms with Gasteiger partial charge in [-0.05, 0) is 59.5 Å². The topological polar surface area (TPSA) is 76.7 Å². The summed E-state index contributed by atoms with van der Waals surface area (Å²) >= 11 is 3.41. The van der Waals surface area contributed by atoms with Gasteiger partial charge in [0, 0.05) is 11.3 Å². The SMILES string of the molecule is CCCOc1c(Br)cc(C(=O)NCC(=O)Nc2c(C)cccc2C)cc1OC. The van der Waals surface area contributed by atoms with Crippen molar-refractivity contribution in [3.05, 3.63) is 51.5 Å². The average molecular weight is 449 g/mol. The molecule has 0 saturated carbocycles. The highest BCUT2D eigenvalue weighted by atomic mass is 79.9. The zero-order valence-corrected chi connectivity index (χ0v) is 18.1. The highest BCUT2D eigenvalue weighted by Gasteiger charge is 2.16. The molecular formula is C21H25BrN2O4. The van der Waals surface area contributed by atoms with E-state index < -0.39 is 0 Å². The van der Waals surface area contributed by atoms with Crippen molar-refractivity contribution >= 4 is 33.4 Å². The number of halogens is 1. The Morgan fingerprint density at radius 2 is 1.82 bits per heavy atom. The van der Waals surface area contributed by atoms with Gasteiger partial charge < -0.3 is 20.1 Å². The Labute approximate surface area is 173 Å².